The number of rotatable bonds is 2. The minimum Gasteiger partial charge on any atom is -0.410 e. The van der Waals surface area contributed by atoms with Crippen molar-refractivity contribution in [3.63, 3.8) is 0 Å². The van der Waals surface area contributed by atoms with E-state index >= 15 is 0 Å². The van der Waals surface area contributed by atoms with Crippen LogP contribution in [0.4, 0.5) is 4.79 Å². The van der Waals surface area contributed by atoms with Crippen LogP contribution in [0.25, 0.3) is 0 Å². The van der Waals surface area contributed by atoms with E-state index in [1.54, 1.807) is 14.1 Å². The van der Waals surface area contributed by atoms with Gasteiger partial charge in [-0.15, -0.1) is 0 Å². The summed E-state index contributed by atoms with van der Waals surface area (Å²) >= 11 is 0. The average Bonchev–Trinajstić information content (AvgIpc) is 2.81. The highest BCUT2D eigenvalue weighted by atomic mass is 16.6. The highest BCUT2D eigenvalue weighted by Crippen LogP contribution is 2.42. The zero-order chi connectivity index (χ0) is 17.1. The Bertz CT molecular complexity index is 573. The van der Waals surface area contributed by atoms with Gasteiger partial charge in [-0.1, -0.05) is 31.4 Å². The van der Waals surface area contributed by atoms with E-state index in [1.165, 1.54) is 55.4 Å². The van der Waals surface area contributed by atoms with Gasteiger partial charge in [0.05, 0.1) is 0 Å². The number of hydrogen-bond acceptors (Lipinski definition) is 3. The van der Waals surface area contributed by atoms with Gasteiger partial charge in [0.1, 0.15) is 5.75 Å². The molecule has 2 aliphatic rings. The monoisotopic (exact) mass is 330 g/mol. The predicted octanol–water partition coefficient (Wildman–Crippen LogP) is 4.46. The number of benzene rings is 1. The summed E-state index contributed by atoms with van der Waals surface area (Å²) in [6.45, 7) is 0. The molecule has 0 unspecified atom stereocenters. The van der Waals surface area contributed by atoms with Gasteiger partial charge in [-0.3, -0.25) is 4.90 Å². The largest absolute Gasteiger partial charge is 0.414 e. The van der Waals surface area contributed by atoms with Gasteiger partial charge in [0.15, 0.2) is 0 Å². The Labute approximate surface area is 145 Å². The second-order valence-electron chi connectivity index (χ2n) is 7.56. The van der Waals surface area contributed by atoms with Crippen molar-refractivity contribution < 1.29 is 9.53 Å². The van der Waals surface area contributed by atoms with Crippen molar-refractivity contribution in [2.75, 3.05) is 21.1 Å². The first-order valence-electron chi connectivity index (χ1n) is 9.27. The molecule has 1 aromatic rings. The molecule has 0 bridgehead atoms. The molecule has 1 saturated heterocycles. The molecule has 24 heavy (non-hydrogen) atoms. The van der Waals surface area contributed by atoms with Gasteiger partial charge in [0.25, 0.3) is 0 Å². The van der Waals surface area contributed by atoms with E-state index in [0.717, 1.165) is 5.92 Å². The Morgan fingerprint density at radius 3 is 2.71 bits per heavy atom. The van der Waals surface area contributed by atoms with Crippen molar-refractivity contribution in [3.05, 3.63) is 29.8 Å². The van der Waals surface area contributed by atoms with Crippen LogP contribution in [0.3, 0.4) is 0 Å². The van der Waals surface area contributed by atoms with Crippen molar-refractivity contribution in [2.24, 2.45) is 5.92 Å². The molecule has 1 aliphatic carbocycles. The Hall–Kier alpha value is -1.55. The van der Waals surface area contributed by atoms with Crippen LogP contribution in [0, 0.1) is 5.92 Å². The Kier molecular flexibility index (Phi) is 5.44. The molecule has 132 valence electrons. The minimum absolute atomic E-state index is 0.326. The first kappa shape index (κ1) is 17.3. The summed E-state index contributed by atoms with van der Waals surface area (Å²) in [6.07, 6.45) is 9.06. The fraction of sp³-hybridized carbons (Fsp3) is 0.650. The van der Waals surface area contributed by atoms with Crippen molar-refractivity contribution in [2.45, 2.75) is 57.0 Å². The fourth-order valence-electron chi connectivity index (χ4n) is 4.42. The van der Waals surface area contributed by atoms with E-state index in [4.69, 9.17) is 4.74 Å². The van der Waals surface area contributed by atoms with Gasteiger partial charge in [0, 0.05) is 26.2 Å². The van der Waals surface area contributed by atoms with E-state index in [2.05, 4.69) is 18.0 Å². The Morgan fingerprint density at radius 1 is 1.12 bits per heavy atom. The summed E-state index contributed by atoms with van der Waals surface area (Å²) in [5.74, 6) is 1.51. The topological polar surface area (TPSA) is 32.8 Å². The van der Waals surface area contributed by atoms with Crippen LogP contribution in [0.1, 0.15) is 56.6 Å². The second kappa shape index (κ2) is 7.56. The van der Waals surface area contributed by atoms with E-state index in [-0.39, 0.29) is 6.09 Å². The average molecular weight is 330 g/mol. The van der Waals surface area contributed by atoms with Crippen molar-refractivity contribution in [3.8, 4) is 5.75 Å². The summed E-state index contributed by atoms with van der Waals surface area (Å²) < 4.78 is 5.44. The van der Waals surface area contributed by atoms with Crippen LogP contribution in [0.15, 0.2) is 24.3 Å². The van der Waals surface area contributed by atoms with Crippen LogP contribution >= 0.6 is 0 Å². The number of amides is 1. The highest BCUT2D eigenvalue weighted by molar-refractivity contribution is 5.70. The van der Waals surface area contributed by atoms with Crippen LogP contribution in [-0.4, -0.2) is 43.1 Å². The zero-order valence-electron chi connectivity index (χ0n) is 15.2. The number of ether oxygens (including phenoxy) is 1. The molecule has 0 aromatic heterocycles. The summed E-state index contributed by atoms with van der Waals surface area (Å²) in [6, 6.07) is 9.22. The van der Waals surface area contributed by atoms with Crippen molar-refractivity contribution in [1.82, 2.24) is 9.80 Å². The number of likely N-dealkylation sites (tertiary alicyclic amines) is 1. The summed E-state index contributed by atoms with van der Waals surface area (Å²) in [5.41, 5.74) is 1.27. The number of carbonyl (C=O) groups excluding carboxylic acids is 1. The molecule has 0 radical (unpaired) electrons. The third kappa shape index (κ3) is 3.75. The van der Waals surface area contributed by atoms with E-state index in [0.29, 0.717) is 17.8 Å². The van der Waals surface area contributed by atoms with Crippen LogP contribution in [0.5, 0.6) is 5.75 Å². The van der Waals surface area contributed by atoms with Crippen molar-refractivity contribution in [1.29, 1.82) is 0 Å². The van der Waals surface area contributed by atoms with Gasteiger partial charge in [-0.05, 0) is 56.3 Å². The van der Waals surface area contributed by atoms with Gasteiger partial charge in [-0.25, -0.2) is 4.79 Å². The van der Waals surface area contributed by atoms with Gasteiger partial charge < -0.3 is 9.64 Å². The zero-order valence-corrected chi connectivity index (χ0v) is 15.2. The molecule has 3 rings (SSSR count). The molecule has 1 saturated carbocycles. The van der Waals surface area contributed by atoms with E-state index in [9.17, 15) is 4.79 Å². The lowest BCUT2D eigenvalue weighted by atomic mass is 9.81. The van der Waals surface area contributed by atoms with E-state index < -0.39 is 0 Å². The quantitative estimate of drug-likeness (QED) is 0.802. The number of fused-ring (bicyclic) bond motifs is 1. The SMILES string of the molecule is CN(C)C(=O)Oc1cccc([C@H]2CC[C@@H]3CCCCC[C@H]3N2C)c1. The number of nitrogens with zero attached hydrogens (tertiary/aromatic N) is 2. The normalized spacial score (nSPS) is 27.9. The van der Waals surface area contributed by atoms with Gasteiger partial charge in [-0.2, -0.15) is 0 Å². The Balaban J connectivity index is 1.75. The third-order valence-corrected chi connectivity index (χ3v) is 5.76. The third-order valence-electron chi connectivity index (χ3n) is 5.76. The Morgan fingerprint density at radius 2 is 1.92 bits per heavy atom. The standard InChI is InChI=1S/C20H30N2O2/c1-21(2)20(23)24-17-10-7-9-16(14-17)19-13-12-15-8-5-4-6-11-18(15)22(19)3/h7,9-10,14-15,18-19H,4-6,8,11-13H2,1-3H3/t15-,18+,19+/m0/s1. The maximum atomic E-state index is 11.8. The fourth-order valence-corrected chi connectivity index (χ4v) is 4.42. The molecule has 1 aliphatic heterocycles. The maximum absolute atomic E-state index is 11.8. The lowest BCUT2D eigenvalue weighted by Gasteiger charge is -2.44. The molecular formula is C20H30N2O2. The number of carbonyl (C=O) groups is 1. The molecule has 3 atom stereocenters. The first-order chi connectivity index (χ1) is 11.6. The summed E-state index contributed by atoms with van der Waals surface area (Å²) in [4.78, 5) is 15.8. The van der Waals surface area contributed by atoms with Gasteiger partial charge in [0.2, 0.25) is 0 Å². The lowest BCUT2D eigenvalue weighted by Crippen LogP contribution is -2.44. The maximum Gasteiger partial charge on any atom is 0.414 e. The number of hydrogen-bond donors (Lipinski definition) is 0. The molecule has 0 N–H and O–H groups in total. The molecule has 1 heterocycles. The lowest BCUT2D eigenvalue weighted by molar-refractivity contribution is 0.0588. The van der Waals surface area contributed by atoms with E-state index in [1.807, 2.05) is 18.2 Å². The number of piperidine rings is 1. The first-order valence-corrected chi connectivity index (χ1v) is 9.27. The summed E-state index contributed by atoms with van der Waals surface area (Å²) in [7, 11) is 5.69. The van der Waals surface area contributed by atoms with Crippen LogP contribution < -0.4 is 4.74 Å². The minimum atomic E-state index is -0.326. The smallest absolute Gasteiger partial charge is 0.410 e. The van der Waals surface area contributed by atoms with Crippen LogP contribution in [0.2, 0.25) is 0 Å². The summed E-state index contributed by atoms with van der Waals surface area (Å²) in [5, 5.41) is 0. The second-order valence-corrected chi connectivity index (χ2v) is 7.56. The van der Waals surface area contributed by atoms with Crippen molar-refractivity contribution >= 4 is 6.09 Å². The molecule has 1 aromatic carbocycles. The molecule has 1 amide bonds. The molecule has 0 spiro atoms. The molecule has 2 fully saturated rings. The van der Waals surface area contributed by atoms with Gasteiger partial charge >= 0.3 is 6.09 Å². The molecule has 4 heteroatoms. The predicted molar refractivity (Wildman–Crippen MR) is 96.3 cm³/mol. The molecule has 4 nitrogen and oxygen atoms in total. The highest BCUT2D eigenvalue weighted by Gasteiger charge is 2.36. The van der Waals surface area contributed by atoms with Crippen LogP contribution in [-0.2, 0) is 0 Å². The molecular weight excluding hydrogens is 300 g/mol.